The number of nitrogens with one attached hydrogen (secondary N) is 1. The van der Waals surface area contributed by atoms with Gasteiger partial charge in [0.15, 0.2) is 0 Å². The minimum Gasteiger partial charge on any atom is -0.481 e. The lowest BCUT2D eigenvalue weighted by Crippen LogP contribution is -2.45. The Bertz CT molecular complexity index is 737. The average Bonchev–Trinajstić information content (AvgIpc) is 2.77. The summed E-state index contributed by atoms with van der Waals surface area (Å²) in [6, 6.07) is 5.49. The molecule has 7 heteroatoms. The molecule has 2 N–H and O–H groups in total. The van der Waals surface area contributed by atoms with E-state index in [0.29, 0.717) is 17.0 Å². The van der Waals surface area contributed by atoms with E-state index in [1.54, 1.807) is 19.9 Å². The van der Waals surface area contributed by atoms with Crippen molar-refractivity contribution >= 4 is 11.9 Å². The lowest BCUT2D eigenvalue weighted by atomic mass is 9.88. The summed E-state index contributed by atoms with van der Waals surface area (Å²) in [6.45, 7) is 4.74. The van der Waals surface area contributed by atoms with Crippen molar-refractivity contribution in [1.29, 1.82) is 0 Å². The molecule has 0 bridgehead atoms. The van der Waals surface area contributed by atoms with Crippen LogP contribution in [0, 0.1) is 19.7 Å². The zero-order valence-corrected chi connectivity index (χ0v) is 13.0. The van der Waals surface area contributed by atoms with Crippen molar-refractivity contribution in [3.8, 4) is 0 Å². The Morgan fingerprint density at radius 1 is 1.39 bits per heavy atom. The van der Waals surface area contributed by atoms with Gasteiger partial charge in [-0.2, -0.15) is 0 Å². The monoisotopic (exact) mass is 320 g/mol. The highest BCUT2D eigenvalue weighted by atomic mass is 19.1. The summed E-state index contributed by atoms with van der Waals surface area (Å²) < 4.78 is 18.4. The molecule has 0 radical (unpaired) electrons. The van der Waals surface area contributed by atoms with Crippen LogP contribution in [0.25, 0.3) is 0 Å². The smallest absolute Gasteiger partial charge is 0.306 e. The van der Waals surface area contributed by atoms with Crippen LogP contribution in [0.15, 0.2) is 28.8 Å². The molecular weight excluding hydrogens is 303 g/mol. The molecular formula is C16H17FN2O4. The number of amides is 1. The maximum atomic E-state index is 13.5. The van der Waals surface area contributed by atoms with Gasteiger partial charge in [-0.05, 0) is 38.5 Å². The van der Waals surface area contributed by atoms with Gasteiger partial charge < -0.3 is 14.9 Å². The lowest BCUT2D eigenvalue weighted by molar-refractivity contribution is -0.138. The predicted molar refractivity (Wildman–Crippen MR) is 79.4 cm³/mol. The minimum absolute atomic E-state index is 0.248. The van der Waals surface area contributed by atoms with Crippen LogP contribution >= 0.6 is 0 Å². The lowest BCUT2D eigenvalue weighted by Gasteiger charge is -2.30. The highest BCUT2D eigenvalue weighted by molar-refractivity contribution is 5.96. The number of benzene rings is 1. The fraction of sp³-hybridized carbons (Fsp3) is 0.312. The van der Waals surface area contributed by atoms with Crippen LogP contribution in [0.2, 0.25) is 0 Å². The molecule has 0 aliphatic heterocycles. The Labute approximate surface area is 132 Å². The van der Waals surface area contributed by atoms with Gasteiger partial charge in [0.1, 0.15) is 17.1 Å². The summed E-state index contributed by atoms with van der Waals surface area (Å²) in [6.07, 6.45) is -0.397. The van der Waals surface area contributed by atoms with E-state index in [1.807, 2.05) is 0 Å². The standard InChI is InChI=1S/C16H17FN2O4/c1-9-14(10(2)23-19-9)15(22)18-16(3,8-13(20)21)11-5-4-6-12(17)7-11/h4-7H,8H2,1-3H3,(H,18,22)(H,20,21). The Hall–Kier alpha value is -2.70. The Balaban J connectivity index is 2.39. The largest absolute Gasteiger partial charge is 0.481 e. The van der Waals surface area contributed by atoms with Gasteiger partial charge in [-0.1, -0.05) is 17.3 Å². The molecule has 0 spiro atoms. The molecule has 0 saturated carbocycles. The van der Waals surface area contributed by atoms with Crippen LogP contribution in [-0.4, -0.2) is 22.1 Å². The van der Waals surface area contributed by atoms with Gasteiger partial charge in [-0.3, -0.25) is 9.59 Å². The summed E-state index contributed by atoms with van der Waals surface area (Å²) in [5, 5.41) is 15.5. The number of carboxylic acid groups (broad SMARTS) is 1. The molecule has 0 fully saturated rings. The average molecular weight is 320 g/mol. The first kappa shape index (κ1) is 16.7. The molecule has 1 amide bonds. The van der Waals surface area contributed by atoms with Crippen molar-refractivity contribution < 1.29 is 23.6 Å². The number of hydrogen-bond donors (Lipinski definition) is 2. The van der Waals surface area contributed by atoms with E-state index >= 15 is 0 Å². The molecule has 2 rings (SSSR count). The number of carbonyl (C=O) groups excluding carboxylic acids is 1. The summed E-state index contributed by atoms with van der Waals surface area (Å²) in [7, 11) is 0. The molecule has 1 aromatic heterocycles. The van der Waals surface area contributed by atoms with Crippen LogP contribution in [-0.2, 0) is 10.3 Å². The molecule has 1 heterocycles. The maximum Gasteiger partial charge on any atom is 0.306 e. The van der Waals surface area contributed by atoms with Crippen molar-refractivity contribution in [1.82, 2.24) is 10.5 Å². The normalized spacial score (nSPS) is 13.4. The highest BCUT2D eigenvalue weighted by Gasteiger charge is 2.33. The summed E-state index contributed by atoms with van der Waals surface area (Å²) in [5.74, 6) is -1.81. The van der Waals surface area contributed by atoms with E-state index in [-0.39, 0.29) is 5.56 Å². The zero-order valence-electron chi connectivity index (χ0n) is 13.0. The minimum atomic E-state index is -1.28. The van der Waals surface area contributed by atoms with Gasteiger partial charge in [0.2, 0.25) is 0 Å². The first-order valence-corrected chi connectivity index (χ1v) is 6.96. The van der Waals surface area contributed by atoms with Crippen LogP contribution in [0.3, 0.4) is 0 Å². The molecule has 23 heavy (non-hydrogen) atoms. The number of aliphatic carboxylic acids is 1. The molecule has 1 aromatic carbocycles. The Kier molecular flexibility index (Phi) is 4.49. The SMILES string of the molecule is Cc1noc(C)c1C(=O)NC(C)(CC(=O)O)c1cccc(F)c1. The number of nitrogens with zero attached hydrogens (tertiary/aromatic N) is 1. The molecule has 0 aliphatic rings. The number of carboxylic acids is 1. The Morgan fingerprint density at radius 3 is 2.61 bits per heavy atom. The third-order valence-electron chi connectivity index (χ3n) is 3.62. The van der Waals surface area contributed by atoms with Gasteiger partial charge in [-0.15, -0.1) is 0 Å². The number of rotatable bonds is 5. The number of carbonyl (C=O) groups is 2. The quantitative estimate of drug-likeness (QED) is 0.883. The Morgan fingerprint density at radius 2 is 2.09 bits per heavy atom. The topological polar surface area (TPSA) is 92.4 Å². The summed E-state index contributed by atoms with van der Waals surface area (Å²) >= 11 is 0. The molecule has 122 valence electrons. The van der Waals surface area contributed by atoms with Gasteiger partial charge >= 0.3 is 5.97 Å². The van der Waals surface area contributed by atoms with Crippen LogP contribution in [0.4, 0.5) is 4.39 Å². The first-order chi connectivity index (χ1) is 10.7. The van der Waals surface area contributed by atoms with E-state index in [0.717, 1.165) is 0 Å². The number of aryl methyl sites for hydroxylation is 2. The third-order valence-corrected chi connectivity index (χ3v) is 3.62. The second kappa shape index (κ2) is 6.20. The molecule has 0 saturated heterocycles. The third kappa shape index (κ3) is 3.56. The van der Waals surface area contributed by atoms with Gasteiger partial charge in [-0.25, -0.2) is 4.39 Å². The number of hydrogen-bond acceptors (Lipinski definition) is 4. The fourth-order valence-corrected chi connectivity index (χ4v) is 2.47. The van der Waals surface area contributed by atoms with Gasteiger partial charge in [0, 0.05) is 0 Å². The number of halogens is 1. The highest BCUT2D eigenvalue weighted by Crippen LogP contribution is 2.27. The second-order valence-corrected chi connectivity index (χ2v) is 5.57. The molecule has 2 aromatic rings. The van der Waals surface area contributed by atoms with Gasteiger partial charge in [0.25, 0.3) is 5.91 Å². The summed E-state index contributed by atoms with van der Waals surface area (Å²) in [5.41, 5.74) is -0.267. The number of aromatic nitrogens is 1. The molecule has 1 unspecified atom stereocenters. The predicted octanol–water partition coefficient (Wildman–Crippen LogP) is 2.55. The van der Waals surface area contributed by atoms with E-state index in [9.17, 15) is 14.0 Å². The van der Waals surface area contributed by atoms with Crippen molar-refractivity contribution in [2.75, 3.05) is 0 Å². The van der Waals surface area contributed by atoms with Crippen LogP contribution < -0.4 is 5.32 Å². The van der Waals surface area contributed by atoms with E-state index < -0.39 is 29.7 Å². The van der Waals surface area contributed by atoms with E-state index in [2.05, 4.69) is 10.5 Å². The van der Waals surface area contributed by atoms with Crippen LogP contribution in [0.1, 0.15) is 40.7 Å². The maximum absolute atomic E-state index is 13.5. The molecule has 0 aliphatic carbocycles. The van der Waals surface area contributed by atoms with E-state index in [1.165, 1.54) is 25.1 Å². The van der Waals surface area contributed by atoms with Crippen molar-refractivity contribution in [3.05, 3.63) is 52.7 Å². The first-order valence-electron chi connectivity index (χ1n) is 6.96. The van der Waals surface area contributed by atoms with Gasteiger partial charge in [0.05, 0.1) is 17.7 Å². The van der Waals surface area contributed by atoms with Crippen molar-refractivity contribution in [3.63, 3.8) is 0 Å². The van der Waals surface area contributed by atoms with Crippen molar-refractivity contribution in [2.45, 2.75) is 32.7 Å². The fourth-order valence-electron chi connectivity index (χ4n) is 2.47. The molecule has 6 nitrogen and oxygen atoms in total. The van der Waals surface area contributed by atoms with E-state index in [4.69, 9.17) is 9.63 Å². The van der Waals surface area contributed by atoms with Crippen LogP contribution in [0.5, 0.6) is 0 Å². The molecule has 1 atom stereocenters. The zero-order chi connectivity index (χ0) is 17.2. The second-order valence-electron chi connectivity index (χ2n) is 5.57. The van der Waals surface area contributed by atoms with Crippen molar-refractivity contribution in [2.24, 2.45) is 0 Å². The summed E-state index contributed by atoms with van der Waals surface area (Å²) in [4.78, 5) is 23.7.